The Balaban J connectivity index is 1.11. The Bertz CT molecular complexity index is 1350. The van der Waals surface area contributed by atoms with Gasteiger partial charge in [-0.05, 0) is 49.0 Å². The predicted molar refractivity (Wildman–Crippen MR) is 142 cm³/mol. The van der Waals surface area contributed by atoms with Gasteiger partial charge in [0.05, 0.1) is 16.0 Å². The maximum atomic E-state index is 13.0. The minimum Gasteiger partial charge on any atom is -0.477 e. The Morgan fingerprint density at radius 2 is 2.05 bits per heavy atom. The predicted octanol–water partition coefficient (Wildman–Crippen LogP) is 2.70. The summed E-state index contributed by atoms with van der Waals surface area (Å²) in [6.45, 7) is 1.42. The molecule has 2 aromatic rings. The molecule has 2 atom stereocenters. The number of nitrogens with one attached hydrogen (secondary N) is 1. The number of thiazole rings is 1. The van der Waals surface area contributed by atoms with Crippen molar-refractivity contribution in [2.75, 3.05) is 24.6 Å². The van der Waals surface area contributed by atoms with Gasteiger partial charge in [0.2, 0.25) is 11.8 Å². The van der Waals surface area contributed by atoms with Crippen molar-refractivity contribution in [2.45, 2.75) is 35.0 Å². The molecule has 3 aliphatic heterocycles. The summed E-state index contributed by atoms with van der Waals surface area (Å²) in [5.41, 5.74) is 1.85. The summed E-state index contributed by atoms with van der Waals surface area (Å²) in [4.78, 5) is 58.1. The number of fused-ring (bicyclic) bond motifs is 2. The SMILES string of the molecule is O=C(CSc1nc2ccccc2s1)N[C@@H]1C(=O)N2C(C(=O)O)=C(/C=C3\CCN(CC4CC4)C3=O)CS[C@H]12. The molecule has 0 spiro atoms. The van der Waals surface area contributed by atoms with Crippen LogP contribution >= 0.6 is 34.9 Å². The number of hydrogen-bond donors (Lipinski definition) is 2. The summed E-state index contributed by atoms with van der Waals surface area (Å²) < 4.78 is 1.82. The highest BCUT2D eigenvalue weighted by Crippen LogP contribution is 2.41. The number of aliphatic carboxylic acids is 1. The summed E-state index contributed by atoms with van der Waals surface area (Å²) >= 11 is 4.22. The van der Waals surface area contributed by atoms with Crippen molar-refractivity contribution < 1.29 is 24.3 Å². The molecule has 1 aliphatic carbocycles. The Hall–Kier alpha value is -2.83. The van der Waals surface area contributed by atoms with Crippen LogP contribution in [0.1, 0.15) is 19.3 Å². The lowest BCUT2D eigenvalue weighted by Gasteiger charge is -2.49. The van der Waals surface area contributed by atoms with E-state index in [9.17, 15) is 24.3 Å². The average Bonchev–Trinajstić information content (AvgIpc) is 3.51. The first-order chi connectivity index (χ1) is 17.9. The molecule has 1 saturated carbocycles. The van der Waals surface area contributed by atoms with Crippen LogP contribution in [0.3, 0.4) is 0 Å². The summed E-state index contributed by atoms with van der Waals surface area (Å²) in [6.07, 6.45) is 4.56. The molecule has 4 aliphatic rings. The number of rotatable bonds is 8. The molecule has 1 aromatic heterocycles. The number of carbonyl (C=O) groups is 4. The molecule has 2 saturated heterocycles. The van der Waals surface area contributed by atoms with Crippen LogP contribution in [0.2, 0.25) is 0 Å². The number of β-lactam (4-membered cyclic amide) rings is 1. The van der Waals surface area contributed by atoms with Crippen LogP contribution < -0.4 is 5.32 Å². The van der Waals surface area contributed by atoms with Gasteiger partial charge in [-0.3, -0.25) is 19.3 Å². The molecule has 0 radical (unpaired) electrons. The number of benzene rings is 1. The molecule has 4 heterocycles. The normalized spacial score (nSPS) is 24.6. The highest BCUT2D eigenvalue weighted by Gasteiger charge is 2.54. The lowest BCUT2D eigenvalue weighted by Crippen LogP contribution is -2.70. The number of aromatic nitrogens is 1. The van der Waals surface area contributed by atoms with E-state index in [1.165, 1.54) is 39.8 Å². The van der Waals surface area contributed by atoms with Crippen molar-refractivity contribution in [1.82, 2.24) is 20.1 Å². The zero-order valence-electron chi connectivity index (χ0n) is 19.7. The highest BCUT2D eigenvalue weighted by atomic mass is 32.2. The molecule has 9 nitrogen and oxygen atoms in total. The number of hydrogen-bond acceptors (Lipinski definition) is 8. The van der Waals surface area contributed by atoms with Crippen LogP contribution in [0.5, 0.6) is 0 Å². The average molecular weight is 557 g/mol. The maximum Gasteiger partial charge on any atom is 0.352 e. The van der Waals surface area contributed by atoms with E-state index < -0.39 is 23.3 Å². The van der Waals surface area contributed by atoms with E-state index in [1.54, 1.807) is 6.08 Å². The number of carboxylic acid groups (broad SMARTS) is 1. The van der Waals surface area contributed by atoms with Gasteiger partial charge in [0.15, 0.2) is 4.34 Å². The Kier molecular flexibility index (Phi) is 6.49. The summed E-state index contributed by atoms with van der Waals surface area (Å²) in [5, 5.41) is 12.2. The second-order valence-electron chi connectivity index (χ2n) is 9.48. The molecular weight excluding hydrogens is 532 g/mol. The van der Waals surface area contributed by atoms with E-state index in [-0.39, 0.29) is 23.3 Å². The van der Waals surface area contributed by atoms with Crippen LogP contribution in [0.25, 0.3) is 10.2 Å². The molecule has 6 rings (SSSR count). The Morgan fingerprint density at radius 3 is 2.81 bits per heavy atom. The number of carbonyl (C=O) groups excluding carboxylic acids is 3. The number of nitrogens with zero attached hydrogens (tertiary/aromatic N) is 3. The molecule has 1 aromatic carbocycles. The maximum absolute atomic E-state index is 13.0. The van der Waals surface area contributed by atoms with E-state index in [4.69, 9.17) is 0 Å². The van der Waals surface area contributed by atoms with Crippen LogP contribution in [-0.2, 0) is 19.2 Å². The van der Waals surface area contributed by atoms with E-state index in [0.717, 1.165) is 33.9 Å². The molecule has 0 bridgehead atoms. The minimum absolute atomic E-state index is 0.0398. The van der Waals surface area contributed by atoms with Gasteiger partial charge in [0.1, 0.15) is 17.1 Å². The van der Waals surface area contributed by atoms with Gasteiger partial charge >= 0.3 is 5.97 Å². The molecule has 3 amide bonds. The first kappa shape index (κ1) is 24.5. The molecule has 12 heteroatoms. The van der Waals surface area contributed by atoms with Gasteiger partial charge in [0, 0.05) is 24.4 Å². The van der Waals surface area contributed by atoms with E-state index in [0.29, 0.717) is 35.8 Å². The quantitative estimate of drug-likeness (QED) is 0.289. The monoisotopic (exact) mass is 556 g/mol. The summed E-state index contributed by atoms with van der Waals surface area (Å²) in [6, 6.07) is 6.97. The van der Waals surface area contributed by atoms with Crippen molar-refractivity contribution in [3.05, 3.63) is 47.2 Å². The first-order valence-corrected chi connectivity index (χ1v) is 14.9. The van der Waals surface area contributed by atoms with Crippen molar-refractivity contribution >= 4 is 68.8 Å². The lowest BCUT2D eigenvalue weighted by molar-refractivity contribution is -0.150. The molecule has 2 N–H and O–H groups in total. The number of carboxylic acids is 1. The topological polar surface area (TPSA) is 120 Å². The zero-order chi connectivity index (χ0) is 25.7. The zero-order valence-corrected chi connectivity index (χ0v) is 22.2. The summed E-state index contributed by atoms with van der Waals surface area (Å²) in [7, 11) is 0. The van der Waals surface area contributed by atoms with Crippen molar-refractivity contribution in [3.63, 3.8) is 0 Å². The standard InChI is InChI=1S/C25H24N4O5S3/c30-18(12-36-25-26-16-3-1-2-4-17(16)37-25)27-19-22(32)29-20(24(33)34)15(11-35-23(19)29)9-14-7-8-28(21(14)31)10-13-5-6-13/h1-4,9,13,19,23H,5-8,10-12H2,(H,27,30)(H,33,34)/b14-9+/t19-,23-/m1/s1. The first-order valence-electron chi connectivity index (χ1n) is 12.1. The second kappa shape index (κ2) is 9.80. The van der Waals surface area contributed by atoms with E-state index in [1.807, 2.05) is 29.2 Å². The number of thioether (sulfide) groups is 2. The second-order valence-corrected chi connectivity index (χ2v) is 12.8. The summed E-state index contributed by atoms with van der Waals surface area (Å²) in [5.74, 6) is -0.944. The van der Waals surface area contributed by atoms with Crippen LogP contribution in [0.4, 0.5) is 0 Å². The Morgan fingerprint density at radius 1 is 1.24 bits per heavy atom. The van der Waals surface area contributed by atoms with Gasteiger partial charge in [-0.15, -0.1) is 23.1 Å². The van der Waals surface area contributed by atoms with Crippen LogP contribution in [0.15, 0.2) is 51.5 Å². The molecule has 0 unspecified atom stereocenters. The fraction of sp³-hybridized carbons (Fsp3) is 0.400. The van der Waals surface area contributed by atoms with Gasteiger partial charge in [-0.25, -0.2) is 9.78 Å². The molecule has 3 fully saturated rings. The van der Waals surface area contributed by atoms with E-state index in [2.05, 4.69) is 10.3 Å². The van der Waals surface area contributed by atoms with Crippen molar-refractivity contribution in [2.24, 2.45) is 5.92 Å². The number of allylic oxidation sites excluding steroid dienone is 1. The third-order valence-electron chi connectivity index (χ3n) is 6.85. The van der Waals surface area contributed by atoms with Crippen molar-refractivity contribution in [1.29, 1.82) is 0 Å². The lowest BCUT2D eigenvalue weighted by atomic mass is 10.0. The van der Waals surface area contributed by atoms with E-state index >= 15 is 0 Å². The highest BCUT2D eigenvalue weighted by molar-refractivity contribution is 8.01. The fourth-order valence-electron chi connectivity index (χ4n) is 4.81. The third kappa shape index (κ3) is 4.77. The third-order valence-corrected chi connectivity index (χ3v) is 10.3. The van der Waals surface area contributed by atoms with Gasteiger partial charge < -0.3 is 15.3 Å². The number of para-hydroxylation sites is 1. The van der Waals surface area contributed by atoms with Crippen LogP contribution in [-0.4, -0.2) is 79.6 Å². The number of likely N-dealkylation sites (tertiary alicyclic amines) is 1. The largest absolute Gasteiger partial charge is 0.477 e. The van der Waals surface area contributed by atoms with Gasteiger partial charge in [-0.1, -0.05) is 23.9 Å². The van der Waals surface area contributed by atoms with Gasteiger partial charge in [0.25, 0.3) is 5.91 Å². The van der Waals surface area contributed by atoms with Crippen LogP contribution in [0, 0.1) is 5.92 Å². The molecule has 192 valence electrons. The smallest absolute Gasteiger partial charge is 0.352 e. The molecule has 37 heavy (non-hydrogen) atoms. The number of amides is 3. The van der Waals surface area contributed by atoms with Gasteiger partial charge in [-0.2, -0.15) is 0 Å². The molecular formula is C25H24N4O5S3. The minimum atomic E-state index is -1.21. The van der Waals surface area contributed by atoms with Crippen molar-refractivity contribution in [3.8, 4) is 0 Å². The Labute approximate surface area is 225 Å². The fourth-order valence-corrected chi connectivity index (χ4v) is 7.99.